The third kappa shape index (κ3) is 4.28. The summed E-state index contributed by atoms with van der Waals surface area (Å²) < 4.78 is 32.3. The Balaban J connectivity index is 2.13. The highest BCUT2D eigenvalue weighted by Gasteiger charge is 2.20. The van der Waals surface area contributed by atoms with Crippen LogP contribution >= 0.6 is 0 Å². The Morgan fingerprint density at radius 3 is 2.57 bits per heavy atom. The molecule has 0 fully saturated rings. The molecule has 0 bridgehead atoms. The largest absolute Gasteiger partial charge is 0.480 e. The van der Waals surface area contributed by atoms with Crippen LogP contribution in [0.3, 0.4) is 0 Å². The molecule has 1 amide bonds. The summed E-state index contributed by atoms with van der Waals surface area (Å²) in [5.41, 5.74) is 1.86. The molecule has 1 unspecified atom stereocenters. The number of hydrogen-bond acceptors (Lipinski definition) is 2. The average Bonchev–Trinajstić information content (AvgIpc) is 2.50. The number of amides is 1. The topological polar surface area (TPSA) is 38.3 Å². The van der Waals surface area contributed by atoms with E-state index in [0.29, 0.717) is 12.2 Å². The van der Waals surface area contributed by atoms with Crippen LogP contribution in [0.5, 0.6) is 5.75 Å². The molecule has 1 atom stereocenters. The highest BCUT2D eigenvalue weighted by atomic mass is 19.1. The van der Waals surface area contributed by atoms with Crippen molar-refractivity contribution in [2.75, 3.05) is 5.32 Å². The minimum absolute atomic E-state index is 0.0700. The first-order valence-electron chi connectivity index (χ1n) is 7.40. The van der Waals surface area contributed by atoms with Gasteiger partial charge < -0.3 is 10.1 Å². The lowest BCUT2D eigenvalue weighted by Gasteiger charge is -2.19. The van der Waals surface area contributed by atoms with Crippen molar-refractivity contribution >= 4 is 11.6 Å². The van der Waals surface area contributed by atoms with Gasteiger partial charge in [0.1, 0.15) is 17.4 Å². The average molecular weight is 319 g/mol. The third-order valence-corrected chi connectivity index (χ3v) is 3.47. The van der Waals surface area contributed by atoms with Gasteiger partial charge >= 0.3 is 0 Å². The Kier molecular flexibility index (Phi) is 5.32. The molecular weight excluding hydrogens is 300 g/mol. The first-order chi connectivity index (χ1) is 10.9. The van der Waals surface area contributed by atoms with Crippen LogP contribution in [0.1, 0.15) is 24.5 Å². The number of aryl methyl sites for hydroxylation is 2. The van der Waals surface area contributed by atoms with Crippen LogP contribution in [-0.2, 0) is 4.79 Å². The van der Waals surface area contributed by atoms with Crippen molar-refractivity contribution < 1.29 is 18.3 Å². The van der Waals surface area contributed by atoms with Crippen LogP contribution in [0.15, 0.2) is 36.4 Å². The molecule has 0 aromatic heterocycles. The van der Waals surface area contributed by atoms with Crippen molar-refractivity contribution in [2.24, 2.45) is 0 Å². The molecule has 0 saturated carbocycles. The molecule has 0 aliphatic carbocycles. The Morgan fingerprint density at radius 2 is 1.91 bits per heavy atom. The van der Waals surface area contributed by atoms with E-state index in [2.05, 4.69) is 5.32 Å². The maximum atomic E-state index is 13.6. The summed E-state index contributed by atoms with van der Waals surface area (Å²) >= 11 is 0. The number of carbonyl (C=O) groups excluding carboxylic acids is 1. The zero-order chi connectivity index (χ0) is 17.0. The smallest absolute Gasteiger partial charge is 0.265 e. The minimum atomic E-state index is -0.820. The second-order valence-corrected chi connectivity index (χ2v) is 5.40. The predicted octanol–water partition coefficient (Wildman–Crippen LogP) is 4.38. The number of benzene rings is 2. The lowest BCUT2D eigenvalue weighted by atomic mass is 10.1. The molecule has 0 aliphatic heterocycles. The van der Waals surface area contributed by atoms with Gasteiger partial charge in [-0.05, 0) is 49.6 Å². The van der Waals surface area contributed by atoms with Gasteiger partial charge in [-0.25, -0.2) is 8.78 Å². The van der Waals surface area contributed by atoms with Gasteiger partial charge in [-0.15, -0.1) is 0 Å². The normalized spacial score (nSPS) is 11.9. The second-order valence-electron chi connectivity index (χ2n) is 5.40. The molecule has 23 heavy (non-hydrogen) atoms. The molecule has 1 N–H and O–H groups in total. The lowest BCUT2D eigenvalue weighted by molar-refractivity contribution is -0.122. The zero-order valence-electron chi connectivity index (χ0n) is 13.3. The summed E-state index contributed by atoms with van der Waals surface area (Å²) in [7, 11) is 0. The van der Waals surface area contributed by atoms with Gasteiger partial charge in [0.25, 0.3) is 5.91 Å². The molecule has 3 nitrogen and oxygen atoms in total. The SMILES string of the molecule is CCC(Oc1cc(C)ccc1C)C(=O)Nc1ccc(F)cc1F. The number of rotatable bonds is 5. The monoisotopic (exact) mass is 319 g/mol. The standard InChI is InChI=1S/C18H19F2NO2/c1-4-16(23-17-9-11(2)5-6-12(17)3)18(22)21-15-8-7-13(19)10-14(15)20/h5-10,16H,4H2,1-3H3,(H,21,22). The number of ether oxygens (including phenoxy) is 1. The number of anilines is 1. The van der Waals surface area contributed by atoms with E-state index in [9.17, 15) is 13.6 Å². The molecule has 0 aliphatic rings. The molecular formula is C18H19F2NO2. The molecule has 0 saturated heterocycles. The van der Waals surface area contributed by atoms with Gasteiger partial charge in [-0.3, -0.25) is 4.79 Å². The Bertz CT molecular complexity index is 716. The van der Waals surface area contributed by atoms with Gasteiger partial charge in [-0.2, -0.15) is 0 Å². The Labute approximate surface area is 134 Å². The highest BCUT2D eigenvalue weighted by molar-refractivity contribution is 5.94. The molecule has 0 heterocycles. The molecule has 5 heteroatoms. The minimum Gasteiger partial charge on any atom is -0.480 e. The molecule has 2 aromatic carbocycles. The predicted molar refractivity (Wildman–Crippen MR) is 85.6 cm³/mol. The van der Waals surface area contributed by atoms with Crippen LogP contribution in [0, 0.1) is 25.5 Å². The van der Waals surface area contributed by atoms with Crippen LogP contribution in [0.4, 0.5) is 14.5 Å². The summed E-state index contributed by atoms with van der Waals surface area (Å²) in [6.45, 7) is 5.62. The maximum absolute atomic E-state index is 13.6. The quantitative estimate of drug-likeness (QED) is 0.888. The number of carbonyl (C=O) groups is 1. The summed E-state index contributed by atoms with van der Waals surface area (Å²) in [6, 6.07) is 8.72. The third-order valence-electron chi connectivity index (χ3n) is 3.47. The molecule has 122 valence electrons. The lowest BCUT2D eigenvalue weighted by Crippen LogP contribution is -2.32. The van der Waals surface area contributed by atoms with Gasteiger partial charge in [0.05, 0.1) is 5.69 Å². The summed E-state index contributed by atoms with van der Waals surface area (Å²) in [5, 5.41) is 2.44. The van der Waals surface area contributed by atoms with Crippen LogP contribution in [-0.4, -0.2) is 12.0 Å². The first-order valence-corrected chi connectivity index (χ1v) is 7.40. The number of halogens is 2. The van der Waals surface area contributed by atoms with E-state index in [1.807, 2.05) is 32.0 Å². The fourth-order valence-electron chi connectivity index (χ4n) is 2.11. The van der Waals surface area contributed by atoms with Crippen molar-refractivity contribution in [3.63, 3.8) is 0 Å². The van der Waals surface area contributed by atoms with Crippen LogP contribution in [0.2, 0.25) is 0 Å². The second kappa shape index (κ2) is 7.22. The van der Waals surface area contributed by atoms with Crippen molar-refractivity contribution in [1.82, 2.24) is 0 Å². The van der Waals surface area contributed by atoms with Gasteiger partial charge in [0.15, 0.2) is 6.10 Å². The van der Waals surface area contributed by atoms with Gasteiger partial charge in [-0.1, -0.05) is 19.1 Å². The van der Waals surface area contributed by atoms with E-state index in [4.69, 9.17) is 4.74 Å². The van der Waals surface area contributed by atoms with E-state index in [1.165, 1.54) is 6.07 Å². The summed E-state index contributed by atoms with van der Waals surface area (Å²) in [6.07, 6.45) is -0.345. The van der Waals surface area contributed by atoms with E-state index in [0.717, 1.165) is 23.3 Å². The molecule has 2 rings (SSSR count). The number of nitrogens with one attached hydrogen (secondary N) is 1. The van der Waals surface area contributed by atoms with Crippen LogP contribution in [0.25, 0.3) is 0 Å². The van der Waals surface area contributed by atoms with E-state index in [1.54, 1.807) is 6.92 Å². The Hall–Kier alpha value is -2.43. The zero-order valence-corrected chi connectivity index (χ0v) is 13.3. The molecule has 2 aromatic rings. The van der Waals surface area contributed by atoms with E-state index >= 15 is 0 Å². The fourth-order valence-corrected chi connectivity index (χ4v) is 2.11. The molecule has 0 radical (unpaired) electrons. The Morgan fingerprint density at radius 1 is 1.17 bits per heavy atom. The summed E-state index contributed by atoms with van der Waals surface area (Å²) in [5.74, 6) is -1.37. The van der Waals surface area contributed by atoms with Crippen molar-refractivity contribution in [1.29, 1.82) is 0 Å². The molecule has 0 spiro atoms. The van der Waals surface area contributed by atoms with Crippen molar-refractivity contribution in [3.05, 3.63) is 59.2 Å². The van der Waals surface area contributed by atoms with Crippen molar-refractivity contribution in [3.8, 4) is 5.75 Å². The first kappa shape index (κ1) is 16.9. The van der Waals surface area contributed by atoms with Crippen molar-refractivity contribution in [2.45, 2.75) is 33.3 Å². The van der Waals surface area contributed by atoms with Gasteiger partial charge in [0.2, 0.25) is 0 Å². The van der Waals surface area contributed by atoms with E-state index in [-0.39, 0.29) is 5.69 Å². The van der Waals surface area contributed by atoms with Gasteiger partial charge in [0, 0.05) is 6.07 Å². The summed E-state index contributed by atoms with van der Waals surface area (Å²) in [4.78, 5) is 12.3. The maximum Gasteiger partial charge on any atom is 0.265 e. The number of hydrogen-bond donors (Lipinski definition) is 1. The van der Waals surface area contributed by atoms with Crippen LogP contribution < -0.4 is 10.1 Å². The highest BCUT2D eigenvalue weighted by Crippen LogP contribution is 2.22. The fraction of sp³-hybridized carbons (Fsp3) is 0.278. The van der Waals surface area contributed by atoms with E-state index < -0.39 is 23.6 Å².